The van der Waals surface area contributed by atoms with Crippen LogP contribution in [0.4, 0.5) is 0 Å². The molecule has 18 heavy (non-hydrogen) atoms. The van der Waals surface area contributed by atoms with Crippen molar-refractivity contribution in [3.05, 3.63) is 0 Å². The van der Waals surface area contributed by atoms with Gasteiger partial charge in [-0.2, -0.15) is 0 Å². The van der Waals surface area contributed by atoms with Gasteiger partial charge in [-0.1, -0.05) is 13.8 Å². The maximum Gasteiger partial charge on any atom is 0.0897 e. The van der Waals surface area contributed by atoms with Gasteiger partial charge in [-0.3, -0.25) is 0 Å². The summed E-state index contributed by atoms with van der Waals surface area (Å²) in [5.41, 5.74) is 0. The molecule has 1 saturated carbocycles. The van der Waals surface area contributed by atoms with Crippen molar-refractivity contribution in [1.29, 1.82) is 0 Å². The summed E-state index contributed by atoms with van der Waals surface area (Å²) in [6.45, 7) is 10.7. The van der Waals surface area contributed by atoms with E-state index < -0.39 is 0 Å². The second-order valence-corrected chi connectivity index (χ2v) is 5.22. The first kappa shape index (κ1) is 15.9. The average molecular weight is 258 g/mol. The van der Waals surface area contributed by atoms with Gasteiger partial charge in [0.25, 0.3) is 0 Å². The van der Waals surface area contributed by atoms with Crippen LogP contribution in [0.5, 0.6) is 0 Å². The molecule has 1 fully saturated rings. The van der Waals surface area contributed by atoms with Crippen LogP contribution in [0.15, 0.2) is 0 Å². The van der Waals surface area contributed by atoms with Crippen LogP contribution < -0.4 is 5.32 Å². The lowest BCUT2D eigenvalue weighted by Crippen LogP contribution is -2.33. The van der Waals surface area contributed by atoms with Crippen molar-refractivity contribution < 1.29 is 9.84 Å². The Morgan fingerprint density at radius 3 is 2.67 bits per heavy atom. The molecule has 1 rings (SSSR count). The molecule has 0 spiro atoms. The topological polar surface area (TPSA) is 44.7 Å². The monoisotopic (exact) mass is 258 g/mol. The van der Waals surface area contributed by atoms with E-state index in [4.69, 9.17) is 4.74 Å². The highest BCUT2D eigenvalue weighted by molar-refractivity contribution is 4.72. The van der Waals surface area contributed by atoms with Gasteiger partial charge in [0.15, 0.2) is 0 Å². The molecule has 0 saturated heterocycles. The average Bonchev–Trinajstić information content (AvgIpc) is 3.18. The van der Waals surface area contributed by atoms with Crippen LogP contribution in [0.2, 0.25) is 0 Å². The molecule has 1 aliphatic rings. The van der Waals surface area contributed by atoms with Crippen LogP contribution in [-0.2, 0) is 4.74 Å². The van der Waals surface area contributed by atoms with Gasteiger partial charge in [0, 0.05) is 13.2 Å². The Labute approximate surface area is 112 Å². The molecule has 0 aromatic carbocycles. The first-order valence-corrected chi connectivity index (χ1v) is 7.45. The van der Waals surface area contributed by atoms with Crippen LogP contribution >= 0.6 is 0 Å². The Kier molecular flexibility index (Phi) is 8.59. The Hall–Kier alpha value is -0.160. The van der Waals surface area contributed by atoms with E-state index in [9.17, 15) is 5.11 Å². The Bertz CT molecular complexity index is 194. The lowest BCUT2D eigenvalue weighted by Gasteiger charge is -2.18. The summed E-state index contributed by atoms with van der Waals surface area (Å²) >= 11 is 0. The zero-order valence-corrected chi connectivity index (χ0v) is 12.0. The van der Waals surface area contributed by atoms with Crippen molar-refractivity contribution >= 4 is 0 Å². The summed E-state index contributed by atoms with van der Waals surface area (Å²) in [4.78, 5) is 2.41. The lowest BCUT2D eigenvalue weighted by atomic mass is 10.3. The summed E-state index contributed by atoms with van der Waals surface area (Å²) in [5, 5.41) is 13.0. The molecule has 1 atom stereocenters. The van der Waals surface area contributed by atoms with E-state index in [1.54, 1.807) is 0 Å². The molecule has 0 aromatic heterocycles. The van der Waals surface area contributed by atoms with Gasteiger partial charge in [0.2, 0.25) is 0 Å². The van der Waals surface area contributed by atoms with Gasteiger partial charge in [-0.05, 0) is 51.4 Å². The predicted octanol–water partition coefficient (Wildman–Crippen LogP) is 1.10. The third-order valence-electron chi connectivity index (χ3n) is 3.46. The number of ether oxygens (including phenoxy) is 1. The second-order valence-electron chi connectivity index (χ2n) is 5.22. The quantitative estimate of drug-likeness (QED) is 0.515. The molecule has 1 unspecified atom stereocenters. The highest BCUT2D eigenvalue weighted by atomic mass is 16.5. The van der Waals surface area contributed by atoms with Gasteiger partial charge in [0.05, 0.1) is 12.7 Å². The molecule has 1 aliphatic carbocycles. The first-order valence-electron chi connectivity index (χ1n) is 7.45. The molecule has 4 heteroatoms. The minimum absolute atomic E-state index is 0.364. The van der Waals surface area contributed by atoms with E-state index in [0.717, 1.165) is 45.1 Å². The molecule has 0 aromatic rings. The van der Waals surface area contributed by atoms with Gasteiger partial charge >= 0.3 is 0 Å². The SMILES string of the molecule is CCN(CC)CCCNCC(O)COCC1CC1. The largest absolute Gasteiger partial charge is 0.389 e. The fourth-order valence-corrected chi connectivity index (χ4v) is 1.95. The first-order chi connectivity index (χ1) is 8.76. The molecule has 4 nitrogen and oxygen atoms in total. The van der Waals surface area contributed by atoms with Crippen molar-refractivity contribution in [2.45, 2.75) is 39.2 Å². The summed E-state index contributed by atoms with van der Waals surface area (Å²) in [6.07, 6.45) is 3.38. The summed E-state index contributed by atoms with van der Waals surface area (Å²) < 4.78 is 5.45. The summed E-state index contributed by atoms with van der Waals surface area (Å²) in [6, 6.07) is 0. The zero-order valence-electron chi connectivity index (χ0n) is 12.0. The minimum atomic E-state index is -0.364. The normalized spacial score (nSPS) is 17.3. The molecule has 0 amide bonds. The van der Waals surface area contributed by atoms with Gasteiger partial charge < -0.3 is 20.1 Å². The predicted molar refractivity (Wildman–Crippen MR) is 74.8 cm³/mol. The van der Waals surface area contributed by atoms with E-state index in [-0.39, 0.29) is 6.10 Å². The third kappa shape index (κ3) is 8.03. The molecule has 0 aliphatic heterocycles. The maximum atomic E-state index is 9.69. The zero-order chi connectivity index (χ0) is 13.2. The third-order valence-corrected chi connectivity index (χ3v) is 3.46. The molecule has 0 heterocycles. The van der Waals surface area contributed by atoms with Crippen molar-refractivity contribution in [2.24, 2.45) is 5.92 Å². The van der Waals surface area contributed by atoms with Gasteiger partial charge in [-0.25, -0.2) is 0 Å². The molecule has 108 valence electrons. The van der Waals surface area contributed by atoms with E-state index in [1.807, 2.05) is 0 Å². The van der Waals surface area contributed by atoms with Crippen LogP contribution in [0.3, 0.4) is 0 Å². The highest BCUT2D eigenvalue weighted by Crippen LogP contribution is 2.28. The number of hydrogen-bond donors (Lipinski definition) is 2. The number of aliphatic hydroxyl groups is 1. The Morgan fingerprint density at radius 1 is 1.33 bits per heavy atom. The number of rotatable bonds is 12. The molecule has 0 radical (unpaired) electrons. The number of nitrogens with one attached hydrogen (secondary N) is 1. The van der Waals surface area contributed by atoms with E-state index in [1.165, 1.54) is 12.8 Å². The van der Waals surface area contributed by atoms with Crippen LogP contribution in [0.25, 0.3) is 0 Å². The second kappa shape index (κ2) is 9.73. The van der Waals surface area contributed by atoms with Crippen LogP contribution in [0.1, 0.15) is 33.1 Å². The number of nitrogens with zero attached hydrogens (tertiary/aromatic N) is 1. The fraction of sp³-hybridized carbons (Fsp3) is 1.00. The van der Waals surface area contributed by atoms with E-state index in [0.29, 0.717) is 13.2 Å². The summed E-state index contributed by atoms with van der Waals surface area (Å²) in [7, 11) is 0. The standard InChI is InChI=1S/C14H30N2O2/c1-3-16(4-2)9-5-8-15-10-14(17)12-18-11-13-6-7-13/h13-15,17H,3-12H2,1-2H3. The Morgan fingerprint density at radius 2 is 2.06 bits per heavy atom. The van der Waals surface area contributed by atoms with Crippen molar-refractivity contribution in [1.82, 2.24) is 10.2 Å². The van der Waals surface area contributed by atoms with Crippen LogP contribution in [0, 0.1) is 5.92 Å². The van der Waals surface area contributed by atoms with Gasteiger partial charge in [-0.15, -0.1) is 0 Å². The van der Waals surface area contributed by atoms with Crippen molar-refractivity contribution in [3.63, 3.8) is 0 Å². The molecule has 2 N–H and O–H groups in total. The van der Waals surface area contributed by atoms with Gasteiger partial charge in [0.1, 0.15) is 0 Å². The molecular weight excluding hydrogens is 228 g/mol. The summed E-state index contributed by atoms with van der Waals surface area (Å²) in [5.74, 6) is 0.777. The maximum absolute atomic E-state index is 9.69. The minimum Gasteiger partial charge on any atom is -0.389 e. The fourth-order valence-electron chi connectivity index (χ4n) is 1.95. The van der Waals surface area contributed by atoms with Crippen molar-refractivity contribution in [3.8, 4) is 0 Å². The molecule has 0 bridgehead atoms. The highest BCUT2D eigenvalue weighted by Gasteiger charge is 2.21. The van der Waals surface area contributed by atoms with Crippen molar-refractivity contribution in [2.75, 3.05) is 45.9 Å². The lowest BCUT2D eigenvalue weighted by molar-refractivity contribution is 0.0325. The number of hydrogen-bond acceptors (Lipinski definition) is 4. The number of aliphatic hydroxyl groups excluding tert-OH is 1. The van der Waals surface area contributed by atoms with Crippen LogP contribution in [-0.4, -0.2) is 62.0 Å². The smallest absolute Gasteiger partial charge is 0.0897 e. The Balaban J connectivity index is 1.83. The molecular formula is C14H30N2O2. The van der Waals surface area contributed by atoms with E-state index >= 15 is 0 Å². The van der Waals surface area contributed by atoms with E-state index in [2.05, 4.69) is 24.1 Å².